The van der Waals surface area contributed by atoms with E-state index in [9.17, 15) is 0 Å². The average Bonchev–Trinajstić information content (AvgIpc) is 1.85. The lowest BCUT2D eigenvalue weighted by atomic mass is 10.2. The number of nitrogens with two attached hydrogens (primary N) is 1. The molecule has 1 atom stereocenters. The van der Waals surface area contributed by atoms with Gasteiger partial charge in [-0.15, -0.1) is 0 Å². The van der Waals surface area contributed by atoms with Gasteiger partial charge in [0.15, 0.2) is 0 Å². The summed E-state index contributed by atoms with van der Waals surface area (Å²) in [4.78, 5) is 7.99. The van der Waals surface area contributed by atoms with Crippen LogP contribution in [-0.4, -0.2) is 9.97 Å². The summed E-state index contributed by atoms with van der Waals surface area (Å²) in [6, 6.07) is 0. The zero-order chi connectivity index (χ0) is 8.43. The van der Waals surface area contributed by atoms with Gasteiger partial charge in [-0.05, 0) is 13.8 Å². The van der Waals surface area contributed by atoms with Crippen molar-refractivity contribution in [3.63, 3.8) is 0 Å². The molecule has 60 valence electrons. The second-order valence-corrected chi connectivity index (χ2v) is 4.24. The van der Waals surface area contributed by atoms with Crippen LogP contribution >= 0.6 is 22.6 Å². The molecule has 0 fully saturated rings. The van der Waals surface area contributed by atoms with Gasteiger partial charge in [0.05, 0.1) is 0 Å². The van der Waals surface area contributed by atoms with Crippen LogP contribution in [0.5, 0.6) is 0 Å². The van der Waals surface area contributed by atoms with Gasteiger partial charge in [-0.25, -0.2) is 9.97 Å². The molecular formula is C7H10IN3. The summed E-state index contributed by atoms with van der Waals surface area (Å²) in [5, 5.41) is 0. The number of nitrogens with zero attached hydrogens (tertiary/aromatic N) is 2. The third kappa shape index (κ3) is 1.79. The highest BCUT2D eigenvalue weighted by molar-refractivity contribution is 14.1. The summed E-state index contributed by atoms with van der Waals surface area (Å²) in [6.45, 7) is 4.02. The van der Waals surface area contributed by atoms with Crippen LogP contribution in [0, 0.1) is 6.92 Å². The standard InChI is InChI=1S/C7H10IN3/c1-4(8)6-5(2)10-3-11-7(6)9/h3-4H,1-2H3,(H2,9,10,11). The fourth-order valence-corrected chi connectivity index (χ4v) is 1.76. The third-order valence-corrected chi connectivity index (χ3v) is 2.13. The molecule has 1 rings (SSSR count). The van der Waals surface area contributed by atoms with E-state index in [2.05, 4.69) is 39.5 Å². The lowest BCUT2D eigenvalue weighted by molar-refractivity contribution is 1.01. The fourth-order valence-electron chi connectivity index (χ4n) is 0.994. The lowest BCUT2D eigenvalue weighted by Gasteiger charge is -2.08. The molecule has 0 amide bonds. The summed E-state index contributed by atoms with van der Waals surface area (Å²) in [5.41, 5.74) is 7.69. The first kappa shape index (κ1) is 8.70. The Bertz CT molecular complexity index is 240. The molecule has 0 aliphatic heterocycles. The molecule has 3 nitrogen and oxygen atoms in total. The Hall–Kier alpha value is -0.390. The Kier molecular flexibility index (Phi) is 2.64. The molecule has 1 unspecified atom stereocenters. The summed E-state index contributed by atoms with van der Waals surface area (Å²) in [6.07, 6.45) is 1.49. The molecule has 0 aliphatic rings. The molecule has 0 saturated heterocycles. The Morgan fingerprint density at radius 2 is 2.18 bits per heavy atom. The van der Waals surface area contributed by atoms with Crippen LogP contribution in [-0.2, 0) is 0 Å². The van der Waals surface area contributed by atoms with Crippen molar-refractivity contribution in [1.29, 1.82) is 0 Å². The number of alkyl halides is 1. The van der Waals surface area contributed by atoms with Gasteiger partial charge in [-0.2, -0.15) is 0 Å². The highest BCUT2D eigenvalue weighted by atomic mass is 127. The minimum atomic E-state index is 0.369. The predicted octanol–water partition coefficient (Wildman–Crippen LogP) is 1.86. The van der Waals surface area contributed by atoms with Gasteiger partial charge in [0, 0.05) is 15.2 Å². The normalized spacial score (nSPS) is 13.0. The molecule has 0 bridgehead atoms. The van der Waals surface area contributed by atoms with Gasteiger partial charge in [0.25, 0.3) is 0 Å². The summed E-state index contributed by atoms with van der Waals surface area (Å²) < 4.78 is 0.369. The number of aromatic nitrogens is 2. The number of hydrogen-bond donors (Lipinski definition) is 1. The van der Waals surface area contributed by atoms with Gasteiger partial charge < -0.3 is 5.73 Å². The SMILES string of the molecule is Cc1ncnc(N)c1C(C)I. The van der Waals surface area contributed by atoms with Crippen molar-refractivity contribution in [2.45, 2.75) is 17.8 Å². The van der Waals surface area contributed by atoms with Gasteiger partial charge >= 0.3 is 0 Å². The van der Waals surface area contributed by atoms with Crippen LogP contribution in [0.25, 0.3) is 0 Å². The average molecular weight is 263 g/mol. The van der Waals surface area contributed by atoms with Crippen molar-refractivity contribution < 1.29 is 0 Å². The molecule has 0 radical (unpaired) electrons. The molecular weight excluding hydrogens is 253 g/mol. The van der Waals surface area contributed by atoms with Crippen LogP contribution in [0.15, 0.2) is 6.33 Å². The predicted molar refractivity (Wildman–Crippen MR) is 53.6 cm³/mol. The van der Waals surface area contributed by atoms with Crippen molar-refractivity contribution >= 4 is 28.4 Å². The Morgan fingerprint density at radius 1 is 1.55 bits per heavy atom. The van der Waals surface area contributed by atoms with E-state index in [1.807, 2.05) is 6.92 Å². The quantitative estimate of drug-likeness (QED) is 0.621. The van der Waals surface area contributed by atoms with E-state index in [1.165, 1.54) is 6.33 Å². The number of hydrogen-bond acceptors (Lipinski definition) is 3. The number of aryl methyl sites for hydroxylation is 1. The van der Waals surface area contributed by atoms with E-state index in [0.29, 0.717) is 9.74 Å². The maximum absolute atomic E-state index is 5.67. The lowest BCUT2D eigenvalue weighted by Crippen LogP contribution is -2.02. The van der Waals surface area contributed by atoms with Crippen molar-refractivity contribution in [2.24, 2.45) is 0 Å². The fraction of sp³-hybridized carbons (Fsp3) is 0.429. The molecule has 1 aromatic heterocycles. The van der Waals surface area contributed by atoms with Gasteiger partial charge in [0.2, 0.25) is 0 Å². The number of nitrogen functional groups attached to an aromatic ring is 1. The van der Waals surface area contributed by atoms with Gasteiger partial charge in [-0.3, -0.25) is 0 Å². The van der Waals surface area contributed by atoms with Crippen LogP contribution in [0.3, 0.4) is 0 Å². The minimum Gasteiger partial charge on any atom is -0.383 e. The summed E-state index contributed by atoms with van der Waals surface area (Å²) >= 11 is 2.30. The minimum absolute atomic E-state index is 0.369. The maximum Gasteiger partial charge on any atom is 0.131 e. The highest BCUT2D eigenvalue weighted by Gasteiger charge is 2.09. The molecule has 2 N–H and O–H groups in total. The number of anilines is 1. The summed E-state index contributed by atoms with van der Waals surface area (Å²) in [7, 11) is 0. The molecule has 11 heavy (non-hydrogen) atoms. The van der Waals surface area contributed by atoms with E-state index < -0.39 is 0 Å². The molecule has 1 heterocycles. The number of rotatable bonds is 1. The molecule has 0 spiro atoms. The van der Waals surface area contributed by atoms with Crippen LogP contribution < -0.4 is 5.73 Å². The molecule has 0 saturated carbocycles. The van der Waals surface area contributed by atoms with E-state index in [1.54, 1.807) is 0 Å². The van der Waals surface area contributed by atoms with E-state index in [0.717, 1.165) is 11.3 Å². The first-order valence-electron chi connectivity index (χ1n) is 3.34. The van der Waals surface area contributed by atoms with Crippen molar-refractivity contribution in [1.82, 2.24) is 9.97 Å². The van der Waals surface area contributed by atoms with Crippen LogP contribution in [0.2, 0.25) is 0 Å². The summed E-state index contributed by atoms with van der Waals surface area (Å²) in [5.74, 6) is 0.597. The largest absolute Gasteiger partial charge is 0.383 e. The van der Waals surface area contributed by atoms with Crippen LogP contribution in [0.1, 0.15) is 22.1 Å². The molecule has 1 aromatic rings. The Balaban J connectivity index is 3.21. The van der Waals surface area contributed by atoms with Crippen molar-refractivity contribution in [3.8, 4) is 0 Å². The Morgan fingerprint density at radius 3 is 2.55 bits per heavy atom. The molecule has 0 aromatic carbocycles. The van der Waals surface area contributed by atoms with E-state index in [4.69, 9.17) is 5.73 Å². The number of halogens is 1. The highest BCUT2D eigenvalue weighted by Crippen LogP contribution is 2.27. The van der Waals surface area contributed by atoms with E-state index >= 15 is 0 Å². The monoisotopic (exact) mass is 263 g/mol. The second-order valence-electron chi connectivity index (χ2n) is 2.37. The topological polar surface area (TPSA) is 51.8 Å². The van der Waals surface area contributed by atoms with Gasteiger partial charge in [-0.1, -0.05) is 22.6 Å². The first-order valence-corrected chi connectivity index (χ1v) is 4.58. The molecule has 0 aliphatic carbocycles. The zero-order valence-electron chi connectivity index (χ0n) is 6.50. The van der Waals surface area contributed by atoms with Gasteiger partial charge in [0.1, 0.15) is 12.1 Å². The second kappa shape index (κ2) is 3.34. The molecule has 4 heteroatoms. The van der Waals surface area contributed by atoms with Crippen molar-refractivity contribution in [2.75, 3.05) is 5.73 Å². The van der Waals surface area contributed by atoms with Crippen LogP contribution in [0.4, 0.5) is 5.82 Å². The van der Waals surface area contributed by atoms with E-state index in [-0.39, 0.29) is 0 Å². The maximum atomic E-state index is 5.67. The smallest absolute Gasteiger partial charge is 0.131 e. The first-order chi connectivity index (χ1) is 5.13. The van der Waals surface area contributed by atoms with Crippen molar-refractivity contribution in [3.05, 3.63) is 17.6 Å². The Labute approximate surface area is 79.6 Å². The zero-order valence-corrected chi connectivity index (χ0v) is 8.66. The third-order valence-electron chi connectivity index (χ3n) is 1.51.